The lowest BCUT2D eigenvalue weighted by Gasteiger charge is -2.37. The van der Waals surface area contributed by atoms with Crippen LogP contribution < -0.4 is 5.32 Å². The molecule has 2 aromatic rings. The highest BCUT2D eigenvalue weighted by Gasteiger charge is 2.38. The molecule has 2 N–H and O–H groups in total. The topological polar surface area (TPSA) is 105 Å². The number of ether oxygens (including phenoxy) is 2. The Morgan fingerprint density at radius 3 is 2.34 bits per heavy atom. The van der Waals surface area contributed by atoms with Gasteiger partial charge in [0.15, 0.2) is 6.04 Å². The Morgan fingerprint density at radius 2 is 1.74 bits per heavy atom. The van der Waals surface area contributed by atoms with Crippen LogP contribution in [0.25, 0.3) is 11.1 Å². The fourth-order valence-corrected chi connectivity index (χ4v) is 5.14. The van der Waals surface area contributed by atoms with E-state index in [0.717, 1.165) is 28.7 Å². The summed E-state index contributed by atoms with van der Waals surface area (Å²) in [7, 11) is 0. The van der Waals surface area contributed by atoms with Crippen LogP contribution >= 0.6 is 0 Å². The highest BCUT2D eigenvalue weighted by molar-refractivity contribution is 5.85. The van der Waals surface area contributed by atoms with E-state index in [4.69, 9.17) is 9.47 Å². The number of hydrogen-bond donors (Lipinski definition) is 2. The van der Waals surface area contributed by atoms with Crippen molar-refractivity contribution in [2.24, 2.45) is 0 Å². The number of carbonyl (C=O) groups is 3. The molecular weight excluding hydrogens is 448 g/mol. The van der Waals surface area contributed by atoms with Gasteiger partial charge in [0.05, 0.1) is 12.7 Å². The number of aliphatic carboxylic acids is 1. The SMILES string of the molecule is CCC[C@@H](CC(=O)N1CCOC(C)C1C(=O)O)NC(=O)OCC1c2ccccc2-c2ccccc21. The largest absolute Gasteiger partial charge is 0.480 e. The van der Waals surface area contributed by atoms with Crippen molar-refractivity contribution in [3.8, 4) is 11.1 Å². The zero-order valence-corrected chi connectivity index (χ0v) is 20.1. The van der Waals surface area contributed by atoms with Crippen LogP contribution in [0.3, 0.4) is 0 Å². The highest BCUT2D eigenvalue weighted by Crippen LogP contribution is 2.44. The summed E-state index contributed by atoms with van der Waals surface area (Å²) in [6, 6.07) is 14.8. The van der Waals surface area contributed by atoms with Crippen LogP contribution in [0, 0.1) is 0 Å². The molecule has 8 heteroatoms. The molecular formula is C27H32N2O6. The Morgan fingerprint density at radius 1 is 1.11 bits per heavy atom. The van der Waals surface area contributed by atoms with Gasteiger partial charge in [-0.3, -0.25) is 4.79 Å². The van der Waals surface area contributed by atoms with Crippen molar-refractivity contribution in [1.29, 1.82) is 0 Å². The third-order valence-electron chi connectivity index (χ3n) is 6.79. The maximum atomic E-state index is 13.0. The van der Waals surface area contributed by atoms with Gasteiger partial charge in [-0.05, 0) is 35.6 Å². The first-order valence-corrected chi connectivity index (χ1v) is 12.2. The minimum Gasteiger partial charge on any atom is -0.480 e. The zero-order valence-electron chi connectivity index (χ0n) is 20.1. The van der Waals surface area contributed by atoms with E-state index in [1.54, 1.807) is 6.92 Å². The van der Waals surface area contributed by atoms with Crippen molar-refractivity contribution in [2.45, 2.75) is 57.2 Å². The summed E-state index contributed by atoms with van der Waals surface area (Å²) < 4.78 is 11.0. The summed E-state index contributed by atoms with van der Waals surface area (Å²) in [5, 5.41) is 12.4. The van der Waals surface area contributed by atoms with Crippen LogP contribution in [0.1, 0.15) is 50.2 Å². The molecule has 1 fully saturated rings. The first-order valence-electron chi connectivity index (χ1n) is 12.2. The van der Waals surface area contributed by atoms with Crippen molar-refractivity contribution < 1.29 is 29.0 Å². The molecule has 2 aromatic carbocycles. The molecule has 2 unspecified atom stereocenters. The number of carboxylic acids is 1. The summed E-state index contributed by atoms with van der Waals surface area (Å²) in [5.74, 6) is -1.46. The Bertz CT molecular complexity index is 1040. The van der Waals surface area contributed by atoms with Gasteiger partial charge < -0.3 is 24.8 Å². The number of alkyl carbamates (subject to hydrolysis) is 1. The Balaban J connectivity index is 1.38. The molecule has 0 aromatic heterocycles. The van der Waals surface area contributed by atoms with E-state index in [9.17, 15) is 19.5 Å². The molecule has 0 bridgehead atoms. The predicted molar refractivity (Wildman–Crippen MR) is 130 cm³/mol. The van der Waals surface area contributed by atoms with Gasteiger partial charge in [-0.25, -0.2) is 9.59 Å². The van der Waals surface area contributed by atoms with E-state index in [1.807, 2.05) is 31.2 Å². The average molecular weight is 481 g/mol. The molecule has 0 radical (unpaired) electrons. The molecule has 1 heterocycles. The zero-order chi connectivity index (χ0) is 24.9. The van der Waals surface area contributed by atoms with Gasteiger partial charge in [0.25, 0.3) is 0 Å². The van der Waals surface area contributed by atoms with Crippen molar-refractivity contribution in [3.63, 3.8) is 0 Å². The van der Waals surface area contributed by atoms with Crippen LogP contribution in [0.5, 0.6) is 0 Å². The summed E-state index contributed by atoms with van der Waals surface area (Å²) in [6.45, 7) is 4.30. The number of amides is 2. The predicted octanol–water partition coefficient (Wildman–Crippen LogP) is 3.78. The number of fused-ring (bicyclic) bond motifs is 3. The van der Waals surface area contributed by atoms with E-state index >= 15 is 0 Å². The minimum absolute atomic E-state index is 0.00847. The van der Waals surface area contributed by atoms with Gasteiger partial charge in [0.2, 0.25) is 5.91 Å². The number of carboxylic acid groups (broad SMARTS) is 1. The average Bonchev–Trinajstić information content (AvgIpc) is 3.16. The van der Waals surface area contributed by atoms with Gasteiger partial charge in [-0.15, -0.1) is 0 Å². The van der Waals surface area contributed by atoms with Crippen LogP contribution in [-0.2, 0) is 19.1 Å². The molecule has 1 saturated heterocycles. The normalized spacial score (nSPS) is 20.0. The lowest BCUT2D eigenvalue weighted by Crippen LogP contribution is -2.57. The van der Waals surface area contributed by atoms with Crippen LogP contribution in [0.15, 0.2) is 48.5 Å². The molecule has 0 saturated carbocycles. The molecule has 4 rings (SSSR count). The molecule has 1 aliphatic carbocycles. The summed E-state index contributed by atoms with van der Waals surface area (Å²) >= 11 is 0. The lowest BCUT2D eigenvalue weighted by molar-refractivity contribution is -0.165. The van der Waals surface area contributed by atoms with Gasteiger partial charge >= 0.3 is 12.1 Å². The van der Waals surface area contributed by atoms with Crippen molar-refractivity contribution in [2.75, 3.05) is 19.8 Å². The van der Waals surface area contributed by atoms with E-state index in [2.05, 4.69) is 29.6 Å². The second kappa shape index (κ2) is 10.9. The monoisotopic (exact) mass is 480 g/mol. The Hall–Kier alpha value is -3.39. The van der Waals surface area contributed by atoms with Gasteiger partial charge in [-0.1, -0.05) is 61.9 Å². The van der Waals surface area contributed by atoms with Gasteiger partial charge in [0.1, 0.15) is 6.61 Å². The molecule has 0 spiro atoms. The maximum absolute atomic E-state index is 13.0. The summed E-state index contributed by atoms with van der Waals surface area (Å²) in [4.78, 5) is 38.7. The van der Waals surface area contributed by atoms with Crippen LogP contribution in [0.2, 0.25) is 0 Å². The van der Waals surface area contributed by atoms with Crippen molar-refractivity contribution in [3.05, 3.63) is 59.7 Å². The second-order valence-electron chi connectivity index (χ2n) is 9.11. The number of hydrogen-bond acceptors (Lipinski definition) is 5. The summed E-state index contributed by atoms with van der Waals surface area (Å²) in [5.41, 5.74) is 4.56. The molecule has 35 heavy (non-hydrogen) atoms. The number of rotatable bonds is 8. The second-order valence-corrected chi connectivity index (χ2v) is 9.11. The fraction of sp³-hybridized carbons (Fsp3) is 0.444. The minimum atomic E-state index is -1.10. The first-order chi connectivity index (χ1) is 16.9. The first kappa shape index (κ1) is 24.7. The molecule has 1 aliphatic heterocycles. The highest BCUT2D eigenvalue weighted by atomic mass is 16.5. The lowest BCUT2D eigenvalue weighted by atomic mass is 9.98. The summed E-state index contributed by atoms with van der Waals surface area (Å²) in [6.07, 6.45) is 0.166. The Labute approximate surface area is 205 Å². The number of morpholine rings is 1. The van der Waals surface area contributed by atoms with Gasteiger partial charge in [-0.2, -0.15) is 0 Å². The van der Waals surface area contributed by atoms with E-state index < -0.39 is 30.3 Å². The third kappa shape index (κ3) is 5.32. The molecule has 3 atom stereocenters. The maximum Gasteiger partial charge on any atom is 0.407 e. The van der Waals surface area contributed by atoms with Crippen LogP contribution in [0.4, 0.5) is 4.79 Å². The third-order valence-corrected chi connectivity index (χ3v) is 6.79. The molecule has 2 aliphatic rings. The number of carbonyl (C=O) groups excluding carboxylic acids is 2. The number of benzene rings is 2. The Kier molecular flexibility index (Phi) is 7.70. The number of nitrogens with zero attached hydrogens (tertiary/aromatic N) is 1. The van der Waals surface area contributed by atoms with E-state index in [-0.39, 0.29) is 38.0 Å². The van der Waals surface area contributed by atoms with E-state index in [1.165, 1.54) is 4.90 Å². The van der Waals surface area contributed by atoms with Crippen molar-refractivity contribution in [1.82, 2.24) is 10.2 Å². The molecule has 2 amide bonds. The van der Waals surface area contributed by atoms with Crippen LogP contribution in [-0.4, -0.2) is 65.9 Å². The van der Waals surface area contributed by atoms with E-state index in [0.29, 0.717) is 6.42 Å². The fourth-order valence-electron chi connectivity index (χ4n) is 5.14. The standard InChI is InChI=1S/C27H32N2O6/c1-3-8-18(15-24(30)29-13-14-34-17(2)25(29)26(31)32)28-27(33)35-16-23-21-11-6-4-9-19(21)20-10-5-7-12-22(20)23/h4-7,9-12,17-18,23,25H,3,8,13-16H2,1-2H3,(H,28,33)(H,31,32)/t17?,18-,25?/m0/s1. The molecule has 8 nitrogen and oxygen atoms in total. The van der Waals surface area contributed by atoms with Gasteiger partial charge in [0, 0.05) is 24.9 Å². The molecule has 186 valence electrons. The number of nitrogens with one attached hydrogen (secondary N) is 1. The smallest absolute Gasteiger partial charge is 0.407 e. The quantitative estimate of drug-likeness (QED) is 0.596. The van der Waals surface area contributed by atoms with Crippen molar-refractivity contribution >= 4 is 18.0 Å².